The predicted molar refractivity (Wildman–Crippen MR) is 54.7 cm³/mol. The molecule has 1 aromatic rings. The first-order valence-electron chi connectivity index (χ1n) is 4.84. The third kappa shape index (κ3) is 3.40. The molecule has 14 heavy (non-hydrogen) atoms. The summed E-state index contributed by atoms with van der Waals surface area (Å²) in [4.78, 5) is 10.4. The van der Waals surface area contributed by atoms with Crippen molar-refractivity contribution in [3.63, 3.8) is 0 Å². The lowest BCUT2D eigenvalue weighted by Gasteiger charge is -2.24. The molecule has 0 aliphatic rings. The van der Waals surface area contributed by atoms with Crippen LogP contribution in [0.4, 0.5) is 0 Å². The summed E-state index contributed by atoms with van der Waals surface area (Å²) < 4.78 is 0. The Labute approximate surface area is 84.6 Å². The molecule has 4 heteroatoms. The van der Waals surface area contributed by atoms with Gasteiger partial charge in [0.05, 0.1) is 12.3 Å². The predicted octanol–water partition coefficient (Wildman–Crippen LogP) is 0.679. The van der Waals surface area contributed by atoms with Gasteiger partial charge >= 0.3 is 0 Å². The van der Waals surface area contributed by atoms with Gasteiger partial charge in [-0.05, 0) is 13.8 Å². The molecule has 1 aromatic heterocycles. The SMILES string of the molecule is CC(C)N(CCO)Cc1cnccn1. The Morgan fingerprint density at radius 3 is 2.71 bits per heavy atom. The van der Waals surface area contributed by atoms with E-state index in [1.807, 2.05) is 0 Å². The van der Waals surface area contributed by atoms with Gasteiger partial charge in [0, 0.05) is 37.7 Å². The van der Waals surface area contributed by atoms with Crippen molar-refractivity contribution in [1.82, 2.24) is 14.9 Å². The summed E-state index contributed by atoms with van der Waals surface area (Å²) in [6, 6.07) is 0.407. The maximum Gasteiger partial charge on any atom is 0.0726 e. The normalized spacial score (nSPS) is 11.2. The monoisotopic (exact) mass is 195 g/mol. The molecule has 0 amide bonds. The Balaban J connectivity index is 2.55. The largest absolute Gasteiger partial charge is 0.395 e. The fourth-order valence-electron chi connectivity index (χ4n) is 1.27. The molecule has 0 saturated heterocycles. The van der Waals surface area contributed by atoms with Gasteiger partial charge in [-0.1, -0.05) is 0 Å². The summed E-state index contributed by atoms with van der Waals surface area (Å²) in [6.45, 7) is 5.80. The van der Waals surface area contributed by atoms with Gasteiger partial charge in [0.15, 0.2) is 0 Å². The van der Waals surface area contributed by atoms with E-state index in [1.54, 1.807) is 18.6 Å². The summed E-state index contributed by atoms with van der Waals surface area (Å²) in [5, 5.41) is 8.89. The second-order valence-corrected chi connectivity index (χ2v) is 3.48. The van der Waals surface area contributed by atoms with Crippen LogP contribution in [0.25, 0.3) is 0 Å². The molecule has 0 aliphatic carbocycles. The Bertz CT molecular complexity index is 251. The summed E-state index contributed by atoms with van der Waals surface area (Å²) in [7, 11) is 0. The summed E-state index contributed by atoms with van der Waals surface area (Å²) in [6.07, 6.45) is 5.11. The minimum Gasteiger partial charge on any atom is -0.395 e. The van der Waals surface area contributed by atoms with Gasteiger partial charge in [0.1, 0.15) is 0 Å². The van der Waals surface area contributed by atoms with E-state index >= 15 is 0 Å². The molecular weight excluding hydrogens is 178 g/mol. The molecule has 0 bridgehead atoms. The summed E-state index contributed by atoms with van der Waals surface area (Å²) >= 11 is 0. The van der Waals surface area contributed by atoms with Crippen molar-refractivity contribution in [3.05, 3.63) is 24.3 Å². The molecule has 0 spiro atoms. The molecule has 0 atom stereocenters. The zero-order valence-electron chi connectivity index (χ0n) is 8.72. The molecule has 1 heterocycles. The molecule has 1 rings (SSSR count). The van der Waals surface area contributed by atoms with Crippen molar-refractivity contribution in [2.24, 2.45) is 0 Å². The van der Waals surface area contributed by atoms with E-state index in [9.17, 15) is 0 Å². The van der Waals surface area contributed by atoms with E-state index in [2.05, 4.69) is 28.7 Å². The second kappa shape index (κ2) is 5.67. The number of hydrogen-bond donors (Lipinski definition) is 1. The average molecular weight is 195 g/mol. The van der Waals surface area contributed by atoms with Crippen LogP contribution in [0.1, 0.15) is 19.5 Å². The first-order chi connectivity index (χ1) is 6.74. The zero-order valence-corrected chi connectivity index (χ0v) is 8.72. The van der Waals surface area contributed by atoms with Crippen molar-refractivity contribution in [2.45, 2.75) is 26.4 Å². The maximum absolute atomic E-state index is 8.89. The number of aromatic nitrogens is 2. The molecule has 0 aliphatic heterocycles. The van der Waals surface area contributed by atoms with Gasteiger partial charge in [0.25, 0.3) is 0 Å². The van der Waals surface area contributed by atoms with Crippen molar-refractivity contribution in [2.75, 3.05) is 13.2 Å². The lowest BCUT2D eigenvalue weighted by atomic mass is 10.3. The van der Waals surface area contributed by atoms with Crippen molar-refractivity contribution >= 4 is 0 Å². The van der Waals surface area contributed by atoms with E-state index in [1.165, 1.54) is 0 Å². The number of nitrogens with zero attached hydrogens (tertiary/aromatic N) is 3. The van der Waals surface area contributed by atoms with E-state index < -0.39 is 0 Å². The lowest BCUT2D eigenvalue weighted by Crippen LogP contribution is -2.33. The van der Waals surface area contributed by atoms with Crippen LogP contribution in [0.5, 0.6) is 0 Å². The van der Waals surface area contributed by atoms with Gasteiger partial charge in [-0.25, -0.2) is 0 Å². The Kier molecular flexibility index (Phi) is 4.49. The highest BCUT2D eigenvalue weighted by Gasteiger charge is 2.09. The highest BCUT2D eigenvalue weighted by atomic mass is 16.3. The molecule has 1 N–H and O–H groups in total. The van der Waals surface area contributed by atoms with Crippen molar-refractivity contribution < 1.29 is 5.11 Å². The minimum absolute atomic E-state index is 0.179. The van der Waals surface area contributed by atoms with Crippen LogP contribution in [-0.2, 0) is 6.54 Å². The smallest absolute Gasteiger partial charge is 0.0726 e. The lowest BCUT2D eigenvalue weighted by molar-refractivity contribution is 0.157. The van der Waals surface area contributed by atoms with Crippen LogP contribution in [-0.4, -0.2) is 39.2 Å². The number of aliphatic hydroxyl groups excluding tert-OH is 1. The number of rotatable bonds is 5. The van der Waals surface area contributed by atoms with Gasteiger partial charge in [-0.2, -0.15) is 0 Å². The van der Waals surface area contributed by atoms with Crippen LogP contribution in [0.15, 0.2) is 18.6 Å². The van der Waals surface area contributed by atoms with Crippen LogP contribution in [0.2, 0.25) is 0 Å². The fraction of sp³-hybridized carbons (Fsp3) is 0.600. The first kappa shape index (κ1) is 11.1. The number of aliphatic hydroxyl groups is 1. The van der Waals surface area contributed by atoms with Crippen LogP contribution in [0, 0.1) is 0 Å². The third-order valence-electron chi connectivity index (χ3n) is 2.10. The molecule has 0 fully saturated rings. The molecule has 0 aromatic carbocycles. The standard InChI is InChI=1S/C10H17N3O/c1-9(2)13(5-6-14)8-10-7-11-3-4-12-10/h3-4,7,9,14H,5-6,8H2,1-2H3. The Morgan fingerprint density at radius 1 is 1.43 bits per heavy atom. The zero-order chi connectivity index (χ0) is 10.4. The quantitative estimate of drug-likeness (QED) is 0.750. The Morgan fingerprint density at radius 2 is 2.21 bits per heavy atom. The van der Waals surface area contributed by atoms with Crippen LogP contribution in [0.3, 0.4) is 0 Å². The average Bonchev–Trinajstić information content (AvgIpc) is 2.18. The van der Waals surface area contributed by atoms with E-state index in [4.69, 9.17) is 5.11 Å². The van der Waals surface area contributed by atoms with E-state index in [0.717, 1.165) is 12.2 Å². The minimum atomic E-state index is 0.179. The van der Waals surface area contributed by atoms with Gasteiger partial charge < -0.3 is 5.11 Å². The molecule has 78 valence electrons. The Hall–Kier alpha value is -1.00. The highest BCUT2D eigenvalue weighted by molar-refractivity contribution is 4.94. The van der Waals surface area contributed by atoms with Crippen LogP contribution < -0.4 is 0 Å². The summed E-state index contributed by atoms with van der Waals surface area (Å²) in [5.74, 6) is 0. The molecular formula is C10H17N3O. The molecule has 0 saturated carbocycles. The molecule has 0 unspecified atom stereocenters. The molecule has 0 radical (unpaired) electrons. The van der Waals surface area contributed by atoms with E-state index in [0.29, 0.717) is 12.6 Å². The highest BCUT2D eigenvalue weighted by Crippen LogP contribution is 2.03. The number of hydrogen-bond acceptors (Lipinski definition) is 4. The third-order valence-corrected chi connectivity index (χ3v) is 2.10. The van der Waals surface area contributed by atoms with Crippen molar-refractivity contribution in [1.29, 1.82) is 0 Å². The van der Waals surface area contributed by atoms with Crippen molar-refractivity contribution in [3.8, 4) is 0 Å². The first-order valence-corrected chi connectivity index (χ1v) is 4.84. The van der Waals surface area contributed by atoms with Gasteiger partial charge in [-0.15, -0.1) is 0 Å². The second-order valence-electron chi connectivity index (χ2n) is 3.48. The summed E-state index contributed by atoms with van der Waals surface area (Å²) in [5.41, 5.74) is 0.939. The van der Waals surface area contributed by atoms with Gasteiger partial charge in [0.2, 0.25) is 0 Å². The maximum atomic E-state index is 8.89. The van der Waals surface area contributed by atoms with Gasteiger partial charge in [-0.3, -0.25) is 14.9 Å². The molecule has 4 nitrogen and oxygen atoms in total. The fourth-order valence-corrected chi connectivity index (χ4v) is 1.27. The van der Waals surface area contributed by atoms with Crippen LogP contribution >= 0.6 is 0 Å². The topological polar surface area (TPSA) is 49.2 Å². The van der Waals surface area contributed by atoms with E-state index in [-0.39, 0.29) is 6.61 Å².